The number of hydrogen-bond donors (Lipinski definition) is 4. The van der Waals surface area contributed by atoms with E-state index in [1.165, 1.54) is 28.5 Å². The van der Waals surface area contributed by atoms with Crippen molar-refractivity contribution in [2.24, 2.45) is 0 Å². The van der Waals surface area contributed by atoms with E-state index in [2.05, 4.69) is 36.2 Å². The monoisotopic (exact) mass is 783 g/mol. The van der Waals surface area contributed by atoms with Gasteiger partial charge in [-0.1, -0.05) is 19.4 Å². The summed E-state index contributed by atoms with van der Waals surface area (Å²) in [5, 5.41) is 11.4. The minimum Gasteiger partial charge on any atom is -0.347 e. The molecule has 1 saturated heterocycles. The van der Waals surface area contributed by atoms with Gasteiger partial charge in [0.25, 0.3) is 5.91 Å². The van der Waals surface area contributed by atoms with Crippen LogP contribution in [0.2, 0.25) is 0 Å². The Morgan fingerprint density at radius 2 is 1.75 bits per heavy atom. The summed E-state index contributed by atoms with van der Waals surface area (Å²) in [5.74, 6) is -1.49. The van der Waals surface area contributed by atoms with Gasteiger partial charge >= 0.3 is 6.03 Å². The molecule has 7 amide bonds. The summed E-state index contributed by atoms with van der Waals surface area (Å²) in [5.41, 5.74) is 2.42. The molecule has 3 aromatic rings. The molecule has 0 radical (unpaired) electrons. The Bertz CT molecular complexity index is 2040. The molecule has 304 valence electrons. The molecule has 2 aliphatic rings. The zero-order valence-electron chi connectivity index (χ0n) is 34.1. The molecule has 0 spiro atoms. The second kappa shape index (κ2) is 17.3. The van der Waals surface area contributed by atoms with Crippen molar-refractivity contribution < 1.29 is 28.8 Å². The van der Waals surface area contributed by atoms with Crippen molar-refractivity contribution in [1.82, 2.24) is 40.7 Å². The first-order valence-corrected chi connectivity index (χ1v) is 19.1. The fourth-order valence-corrected chi connectivity index (χ4v) is 6.84. The van der Waals surface area contributed by atoms with Crippen LogP contribution in [0.5, 0.6) is 0 Å². The number of nitrogens with zero attached hydrogens (tertiary/aromatic N) is 7. The maximum Gasteiger partial charge on any atom is 0.330 e. The smallest absolute Gasteiger partial charge is 0.330 e. The van der Waals surface area contributed by atoms with Gasteiger partial charge in [-0.25, -0.2) is 9.78 Å². The average Bonchev–Trinajstić information content (AvgIpc) is 3.67. The Hall–Kier alpha value is -6.13. The molecule has 4 heterocycles. The second-order valence-corrected chi connectivity index (χ2v) is 15.3. The molecule has 0 unspecified atom stereocenters. The van der Waals surface area contributed by atoms with E-state index in [1.807, 2.05) is 32.9 Å². The predicted octanol–water partition coefficient (Wildman–Crippen LogP) is 3.19. The number of rotatable bonds is 13. The summed E-state index contributed by atoms with van der Waals surface area (Å²) in [6.45, 7) is 10.7. The quantitative estimate of drug-likeness (QED) is 0.200. The van der Waals surface area contributed by atoms with E-state index in [-0.39, 0.29) is 24.0 Å². The van der Waals surface area contributed by atoms with E-state index in [0.29, 0.717) is 60.9 Å². The SMILES string of the molecule is CCC[C@H](NC(=O)c1ccc(C)c(N2Cc3cnc(Nc4ccc(C)nc4)nc3N(C)C2=O)c1)C(=O)N1CCC[C@H]1C(=O)NC(C)(C)C(=O)N[C@@H](C)C(=O)N(C)C. The summed E-state index contributed by atoms with van der Waals surface area (Å²) < 4.78 is 0. The van der Waals surface area contributed by atoms with Crippen LogP contribution in [0.15, 0.2) is 42.7 Å². The maximum atomic E-state index is 14.0. The summed E-state index contributed by atoms with van der Waals surface area (Å²) in [6.07, 6.45) is 5.18. The molecule has 1 aromatic carbocycles. The molecule has 5 rings (SSSR count). The number of likely N-dealkylation sites (tertiary alicyclic amines) is 1. The van der Waals surface area contributed by atoms with Crippen molar-refractivity contribution in [3.05, 3.63) is 65.1 Å². The Morgan fingerprint density at radius 1 is 1.02 bits per heavy atom. The first-order valence-electron chi connectivity index (χ1n) is 19.1. The number of hydrogen-bond acceptors (Lipinski definition) is 10. The van der Waals surface area contributed by atoms with Crippen molar-refractivity contribution >= 4 is 58.7 Å². The third-order valence-corrected chi connectivity index (χ3v) is 10.1. The molecule has 2 aromatic heterocycles. The van der Waals surface area contributed by atoms with Crippen LogP contribution in [0.4, 0.5) is 27.9 Å². The summed E-state index contributed by atoms with van der Waals surface area (Å²) in [6, 6.07) is 5.81. The third kappa shape index (κ3) is 9.47. The van der Waals surface area contributed by atoms with Crippen LogP contribution in [0, 0.1) is 13.8 Å². The lowest BCUT2D eigenvalue weighted by molar-refractivity contribution is -0.142. The normalized spacial score (nSPS) is 16.3. The molecule has 3 atom stereocenters. The minimum absolute atomic E-state index is 0.165. The number of nitrogens with one attached hydrogen (secondary N) is 4. The largest absolute Gasteiger partial charge is 0.347 e. The fraction of sp³-hybridized carbons (Fsp3) is 0.475. The number of aromatic nitrogens is 3. The summed E-state index contributed by atoms with van der Waals surface area (Å²) in [4.78, 5) is 99.7. The van der Waals surface area contributed by atoms with Crippen LogP contribution in [-0.4, -0.2) is 112 Å². The van der Waals surface area contributed by atoms with Gasteiger partial charge in [-0.05, 0) is 83.7 Å². The van der Waals surface area contributed by atoms with Gasteiger partial charge in [0.1, 0.15) is 29.5 Å². The number of carbonyl (C=O) groups excluding carboxylic acids is 6. The van der Waals surface area contributed by atoms with Crippen LogP contribution >= 0.6 is 0 Å². The predicted molar refractivity (Wildman–Crippen MR) is 215 cm³/mol. The summed E-state index contributed by atoms with van der Waals surface area (Å²) in [7, 11) is 4.80. The van der Waals surface area contributed by atoms with Gasteiger partial charge in [0.15, 0.2) is 0 Å². The Balaban J connectivity index is 1.28. The van der Waals surface area contributed by atoms with Crippen LogP contribution in [0.3, 0.4) is 0 Å². The van der Waals surface area contributed by atoms with E-state index in [9.17, 15) is 28.8 Å². The van der Waals surface area contributed by atoms with Gasteiger partial charge in [0.2, 0.25) is 29.6 Å². The number of anilines is 4. The molecular formula is C40H53N11O6. The Kier molecular flexibility index (Phi) is 12.8. The van der Waals surface area contributed by atoms with E-state index in [0.717, 1.165) is 11.3 Å². The number of fused-ring (bicyclic) bond motifs is 1. The molecule has 0 saturated carbocycles. The van der Waals surface area contributed by atoms with Gasteiger partial charge in [-0.2, -0.15) is 4.98 Å². The molecule has 4 N–H and O–H groups in total. The Morgan fingerprint density at radius 3 is 2.42 bits per heavy atom. The van der Waals surface area contributed by atoms with Crippen LogP contribution in [-0.2, 0) is 25.7 Å². The number of amides is 7. The van der Waals surface area contributed by atoms with E-state index < -0.39 is 47.3 Å². The van der Waals surface area contributed by atoms with E-state index in [1.54, 1.807) is 63.6 Å². The zero-order valence-corrected chi connectivity index (χ0v) is 34.1. The lowest BCUT2D eigenvalue weighted by Gasteiger charge is -2.35. The van der Waals surface area contributed by atoms with Crippen LogP contribution in [0.25, 0.3) is 0 Å². The molecule has 17 heteroatoms. The average molecular weight is 784 g/mol. The standard InChI is InChI=1S/C40H53N11O6/c1-10-12-29(36(55)50-18-11-13-30(50)34(53)47-40(5,6)37(56)43-25(4)35(54)48(7)8)45-33(52)26-16-14-23(2)31(19-26)51-22-27-20-42-38(46-32(27)49(9)39(51)57)44-28-17-15-24(3)41-21-28/h14-17,19-21,25,29-30H,10-13,18,22H2,1-9H3,(H,43,56)(H,45,52)(H,47,53)(H,42,44,46)/t25-,29-,30-/m0/s1. The van der Waals surface area contributed by atoms with E-state index >= 15 is 0 Å². The summed E-state index contributed by atoms with van der Waals surface area (Å²) >= 11 is 0. The third-order valence-electron chi connectivity index (χ3n) is 10.1. The van der Waals surface area contributed by atoms with E-state index in [4.69, 9.17) is 0 Å². The number of likely N-dealkylation sites (N-methyl/N-ethyl adjacent to an activating group) is 1. The molecule has 17 nitrogen and oxygen atoms in total. The maximum absolute atomic E-state index is 14.0. The number of aryl methyl sites for hydroxylation is 2. The highest BCUT2D eigenvalue weighted by molar-refractivity contribution is 6.07. The van der Waals surface area contributed by atoms with Crippen molar-refractivity contribution in [2.45, 2.75) is 97.4 Å². The van der Waals surface area contributed by atoms with Crippen molar-refractivity contribution in [3.8, 4) is 0 Å². The lowest BCUT2D eigenvalue weighted by Crippen LogP contribution is -2.61. The number of urea groups is 1. The van der Waals surface area contributed by atoms with Gasteiger partial charge in [0.05, 0.1) is 18.4 Å². The van der Waals surface area contributed by atoms with Crippen LogP contribution < -0.4 is 31.1 Å². The lowest BCUT2D eigenvalue weighted by atomic mass is 10.0. The topological polar surface area (TPSA) is 202 Å². The number of benzene rings is 1. The molecule has 57 heavy (non-hydrogen) atoms. The fourth-order valence-electron chi connectivity index (χ4n) is 6.84. The highest BCUT2D eigenvalue weighted by Gasteiger charge is 2.41. The van der Waals surface area contributed by atoms with Gasteiger partial charge in [-0.3, -0.25) is 38.8 Å². The zero-order chi connectivity index (χ0) is 41.8. The molecule has 1 fully saturated rings. The number of carbonyl (C=O) groups is 6. The minimum atomic E-state index is -1.38. The first kappa shape index (κ1) is 42.0. The second-order valence-electron chi connectivity index (χ2n) is 15.3. The van der Waals surface area contributed by atoms with Gasteiger partial charge in [0, 0.05) is 56.4 Å². The van der Waals surface area contributed by atoms with Crippen molar-refractivity contribution in [3.63, 3.8) is 0 Å². The molecule has 0 bridgehead atoms. The van der Waals surface area contributed by atoms with Crippen LogP contribution in [0.1, 0.15) is 80.6 Å². The molecular weight excluding hydrogens is 731 g/mol. The molecule has 2 aliphatic heterocycles. The number of pyridine rings is 1. The van der Waals surface area contributed by atoms with Crippen molar-refractivity contribution in [2.75, 3.05) is 42.8 Å². The molecule has 0 aliphatic carbocycles. The van der Waals surface area contributed by atoms with Gasteiger partial charge < -0.3 is 31.1 Å². The Labute approximate surface area is 333 Å². The first-order chi connectivity index (χ1) is 26.9. The van der Waals surface area contributed by atoms with Crippen molar-refractivity contribution in [1.29, 1.82) is 0 Å². The highest BCUT2D eigenvalue weighted by atomic mass is 16.2. The van der Waals surface area contributed by atoms with Gasteiger partial charge in [-0.15, -0.1) is 0 Å². The highest BCUT2D eigenvalue weighted by Crippen LogP contribution is 2.33.